The summed E-state index contributed by atoms with van der Waals surface area (Å²) in [4.78, 5) is 4.87. The van der Waals surface area contributed by atoms with Crippen LogP contribution in [0.1, 0.15) is 37.0 Å². The predicted octanol–water partition coefficient (Wildman–Crippen LogP) is 3.68. The van der Waals surface area contributed by atoms with Gasteiger partial charge in [-0.05, 0) is 49.4 Å². The van der Waals surface area contributed by atoms with Gasteiger partial charge in [0.1, 0.15) is 0 Å². The molecule has 2 unspecified atom stereocenters. The minimum Gasteiger partial charge on any atom is -0.454 e. The van der Waals surface area contributed by atoms with Gasteiger partial charge in [-0.1, -0.05) is 36.4 Å². The fourth-order valence-corrected chi connectivity index (χ4v) is 4.01. The Morgan fingerprint density at radius 3 is 2.80 bits per heavy atom. The van der Waals surface area contributed by atoms with Crippen LogP contribution in [0.25, 0.3) is 0 Å². The minimum atomic E-state index is 0.125. The Labute approximate surface area is 178 Å². The fraction of sp³-hybridized carbons (Fsp3) is 0.458. The Hall–Kier alpha value is -2.73. The van der Waals surface area contributed by atoms with Gasteiger partial charge in [-0.3, -0.25) is 4.99 Å². The summed E-state index contributed by atoms with van der Waals surface area (Å²) >= 11 is 0. The summed E-state index contributed by atoms with van der Waals surface area (Å²) < 4.78 is 17.0. The Balaban J connectivity index is 1.33. The smallest absolute Gasteiger partial charge is 0.231 e. The highest BCUT2D eigenvalue weighted by Crippen LogP contribution is 2.34. The van der Waals surface area contributed by atoms with Gasteiger partial charge in [0.2, 0.25) is 6.79 Å². The average Bonchev–Trinajstić information content (AvgIpc) is 3.26. The number of guanidine groups is 1. The number of hydrogen-bond acceptors (Lipinski definition) is 4. The number of nitrogens with zero attached hydrogens (tertiary/aromatic N) is 1. The van der Waals surface area contributed by atoms with Gasteiger partial charge in [-0.2, -0.15) is 0 Å². The number of benzene rings is 2. The third kappa shape index (κ3) is 5.25. The maximum absolute atomic E-state index is 6.11. The minimum absolute atomic E-state index is 0.125. The highest BCUT2D eigenvalue weighted by atomic mass is 16.7. The molecule has 1 saturated heterocycles. The van der Waals surface area contributed by atoms with Crippen molar-refractivity contribution in [3.05, 3.63) is 59.7 Å². The second kappa shape index (κ2) is 10.3. The number of aliphatic imine (C=N–C) groups is 1. The van der Waals surface area contributed by atoms with Gasteiger partial charge in [0.25, 0.3) is 0 Å². The van der Waals surface area contributed by atoms with Crippen LogP contribution in [0.3, 0.4) is 0 Å². The van der Waals surface area contributed by atoms with E-state index < -0.39 is 0 Å². The van der Waals surface area contributed by atoms with Crippen molar-refractivity contribution in [2.75, 3.05) is 33.0 Å². The molecule has 2 atom stereocenters. The van der Waals surface area contributed by atoms with Crippen molar-refractivity contribution in [1.82, 2.24) is 10.6 Å². The Morgan fingerprint density at radius 1 is 1.07 bits per heavy atom. The lowest BCUT2D eigenvalue weighted by atomic mass is 9.89. The lowest BCUT2D eigenvalue weighted by Gasteiger charge is -2.31. The molecule has 1 fully saturated rings. The van der Waals surface area contributed by atoms with Crippen molar-refractivity contribution >= 4 is 5.96 Å². The van der Waals surface area contributed by atoms with E-state index in [2.05, 4.69) is 54.0 Å². The zero-order chi connectivity index (χ0) is 20.6. The summed E-state index contributed by atoms with van der Waals surface area (Å²) in [5.41, 5.74) is 2.46. The summed E-state index contributed by atoms with van der Waals surface area (Å²) in [6, 6.07) is 16.6. The third-order valence-electron chi connectivity index (χ3n) is 5.54. The Kier molecular flexibility index (Phi) is 7.08. The maximum Gasteiger partial charge on any atom is 0.231 e. The summed E-state index contributed by atoms with van der Waals surface area (Å²) in [5.74, 6) is 2.91. The maximum atomic E-state index is 6.11. The van der Waals surface area contributed by atoms with Crippen molar-refractivity contribution in [1.29, 1.82) is 0 Å². The van der Waals surface area contributed by atoms with Crippen molar-refractivity contribution in [3.63, 3.8) is 0 Å². The highest BCUT2D eigenvalue weighted by molar-refractivity contribution is 5.79. The molecule has 2 N–H and O–H groups in total. The number of ether oxygens (including phenoxy) is 3. The largest absolute Gasteiger partial charge is 0.454 e. The number of fused-ring (bicyclic) bond motifs is 1. The van der Waals surface area contributed by atoms with Gasteiger partial charge in [-0.15, -0.1) is 0 Å². The molecule has 6 nitrogen and oxygen atoms in total. The molecule has 2 aromatic carbocycles. The summed E-state index contributed by atoms with van der Waals surface area (Å²) in [7, 11) is 0. The fourth-order valence-electron chi connectivity index (χ4n) is 4.01. The number of rotatable bonds is 7. The van der Waals surface area contributed by atoms with Crippen LogP contribution in [0.15, 0.2) is 53.5 Å². The zero-order valence-corrected chi connectivity index (χ0v) is 17.6. The van der Waals surface area contributed by atoms with E-state index in [-0.39, 0.29) is 6.10 Å². The van der Waals surface area contributed by atoms with Gasteiger partial charge >= 0.3 is 0 Å². The summed E-state index contributed by atoms with van der Waals surface area (Å²) in [6.07, 6.45) is 3.25. The van der Waals surface area contributed by atoms with Crippen LogP contribution < -0.4 is 20.1 Å². The van der Waals surface area contributed by atoms with Crippen LogP contribution in [-0.2, 0) is 11.2 Å². The normalized spacial score (nSPS) is 20.8. The molecule has 2 aliphatic rings. The molecule has 2 aromatic rings. The lowest BCUT2D eigenvalue weighted by molar-refractivity contribution is -0.0250. The van der Waals surface area contributed by atoms with Crippen LogP contribution in [-0.4, -0.2) is 39.0 Å². The highest BCUT2D eigenvalue weighted by Gasteiger charge is 2.27. The van der Waals surface area contributed by atoms with Gasteiger partial charge in [0.05, 0.1) is 6.10 Å². The van der Waals surface area contributed by atoms with Crippen LogP contribution in [0.2, 0.25) is 0 Å². The molecule has 2 aliphatic heterocycles. The first-order chi connectivity index (χ1) is 14.8. The van der Waals surface area contributed by atoms with Gasteiger partial charge in [0.15, 0.2) is 17.5 Å². The van der Waals surface area contributed by atoms with Crippen molar-refractivity contribution in [3.8, 4) is 11.5 Å². The van der Waals surface area contributed by atoms with Gasteiger partial charge < -0.3 is 24.8 Å². The summed E-state index contributed by atoms with van der Waals surface area (Å²) in [5, 5.41) is 6.82. The van der Waals surface area contributed by atoms with E-state index in [1.807, 2.05) is 12.1 Å². The van der Waals surface area contributed by atoms with Crippen LogP contribution in [0.4, 0.5) is 0 Å². The molecule has 6 heteroatoms. The van der Waals surface area contributed by atoms with Crippen LogP contribution in [0.5, 0.6) is 11.5 Å². The van der Waals surface area contributed by atoms with Crippen molar-refractivity contribution in [2.45, 2.75) is 32.3 Å². The second-order valence-corrected chi connectivity index (χ2v) is 7.69. The first-order valence-electron chi connectivity index (χ1n) is 10.9. The zero-order valence-electron chi connectivity index (χ0n) is 17.6. The number of nitrogens with one attached hydrogen (secondary N) is 2. The molecule has 0 saturated carbocycles. The van der Waals surface area contributed by atoms with Crippen LogP contribution in [0, 0.1) is 5.92 Å². The molecule has 0 spiro atoms. The van der Waals surface area contributed by atoms with Gasteiger partial charge in [-0.25, -0.2) is 0 Å². The average molecular weight is 410 g/mol. The van der Waals surface area contributed by atoms with E-state index in [0.29, 0.717) is 12.7 Å². The summed E-state index contributed by atoms with van der Waals surface area (Å²) in [6.45, 7) is 5.61. The van der Waals surface area contributed by atoms with E-state index >= 15 is 0 Å². The lowest BCUT2D eigenvalue weighted by Crippen LogP contribution is -2.39. The monoisotopic (exact) mass is 409 g/mol. The van der Waals surface area contributed by atoms with Crippen molar-refractivity contribution < 1.29 is 14.2 Å². The molecule has 160 valence electrons. The van der Waals surface area contributed by atoms with E-state index in [4.69, 9.17) is 19.2 Å². The first-order valence-corrected chi connectivity index (χ1v) is 10.9. The molecule has 0 radical (unpaired) electrons. The molecule has 0 aromatic heterocycles. The number of hydrogen-bond donors (Lipinski definition) is 2. The quantitative estimate of drug-likeness (QED) is 0.540. The first kappa shape index (κ1) is 20.5. The predicted molar refractivity (Wildman–Crippen MR) is 118 cm³/mol. The standard InChI is InChI=1S/C24H31N3O3/c1-2-25-24(26-13-12-18-10-11-21-22(15-18)30-17-29-21)27-16-20-9-6-14-28-23(20)19-7-4-3-5-8-19/h3-5,7-8,10-11,15,20,23H,2,6,9,12-14,16-17H2,1H3,(H2,25,26,27). The Bertz CT molecular complexity index is 841. The van der Waals surface area contributed by atoms with E-state index in [9.17, 15) is 0 Å². The molecular weight excluding hydrogens is 378 g/mol. The topological polar surface area (TPSA) is 64.1 Å². The molecule has 0 aliphatic carbocycles. The molecule has 4 rings (SSSR count). The van der Waals surface area contributed by atoms with Crippen LogP contribution >= 0.6 is 0 Å². The molecular formula is C24H31N3O3. The third-order valence-corrected chi connectivity index (χ3v) is 5.54. The van der Waals surface area contributed by atoms with E-state index in [0.717, 1.165) is 63.0 Å². The molecule has 0 bridgehead atoms. The molecule has 30 heavy (non-hydrogen) atoms. The molecule has 2 heterocycles. The van der Waals surface area contributed by atoms with Crippen molar-refractivity contribution in [2.24, 2.45) is 10.9 Å². The van der Waals surface area contributed by atoms with E-state index in [1.165, 1.54) is 11.1 Å². The van der Waals surface area contributed by atoms with E-state index in [1.54, 1.807) is 0 Å². The molecule has 0 amide bonds. The second-order valence-electron chi connectivity index (χ2n) is 7.69. The SMILES string of the molecule is CCNC(=NCC1CCCOC1c1ccccc1)NCCc1ccc2c(c1)OCO2. The Morgan fingerprint density at radius 2 is 1.93 bits per heavy atom. The van der Waals surface area contributed by atoms with Gasteiger partial charge in [0, 0.05) is 32.2 Å².